The quantitative estimate of drug-likeness (QED) is 0.479. The predicted octanol–water partition coefficient (Wildman–Crippen LogP) is 3.00. The van der Waals surface area contributed by atoms with Gasteiger partial charge in [-0.05, 0) is 18.6 Å². The summed E-state index contributed by atoms with van der Waals surface area (Å²) in [6.07, 6.45) is 6.30. The van der Waals surface area contributed by atoms with Gasteiger partial charge in [0, 0.05) is 25.0 Å². The minimum atomic E-state index is -0.755. The number of amidine groups is 1. The van der Waals surface area contributed by atoms with E-state index in [1.165, 1.54) is 34.0 Å². The van der Waals surface area contributed by atoms with Crippen LogP contribution in [0.25, 0.3) is 17.3 Å². The third-order valence-electron chi connectivity index (χ3n) is 5.99. The number of benzene rings is 1. The Morgan fingerprint density at radius 1 is 1.28 bits per heavy atom. The second-order valence-electron chi connectivity index (χ2n) is 7.56. The maximum atomic E-state index is 14.4. The van der Waals surface area contributed by atoms with Crippen molar-refractivity contribution in [3.8, 4) is 17.3 Å². The number of aromatic nitrogens is 4. The van der Waals surface area contributed by atoms with Crippen LogP contribution in [0.2, 0.25) is 0 Å². The van der Waals surface area contributed by atoms with Crippen LogP contribution in [0.4, 0.5) is 20.3 Å². The Morgan fingerprint density at radius 2 is 2.12 bits per heavy atom. The van der Waals surface area contributed by atoms with Crippen LogP contribution in [0.1, 0.15) is 13.3 Å². The second kappa shape index (κ2) is 7.45. The summed E-state index contributed by atoms with van der Waals surface area (Å²) in [5.74, 6) is -0.147. The van der Waals surface area contributed by atoms with Gasteiger partial charge in [-0.2, -0.15) is 4.98 Å². The lowest BCUT2D eigenvalue weighted by atomic mass is 9.88. The molecule has 0 radical (unpaired) electrons. The predicted molar refractivity (Wildman–Crippen MR) is 115 cm³/mol. The first-order chi connectivity index (χ1) is 15.5. The van der Waals surface area contributed by atoms with Crippen molar-refractivity contribution in [3.05, 3.63) is 48.4 Å². The number of nitrogens with one attached hydrogen (secondary N) is 2. The number of anilines is 2. The largest absolute Gasteiger partial charge is 0.377 e. The molecule has 4 heterocycles. The summed E-state index contributed by atoms with van der Waals surface area (Å²) in [5.41, 5.74) is -0.126. The highest BCUT2D eigenvalue weighted by molar-refractivity contribution is 6.18. The zero-order valence-electron chi connectivity index (χ0n) is 17.2. The van der Waals surface area contributed by atoms with Gasteiger partial charge in [-0.15, -0.1) is 0 Å². The average molecular weight is 438 g/mol. The fourth-order valence-corrected chi connectivity index (χ4v) is 4.31. The van der Waals surface area contributed by atoms with Crippen LogP contribution >= 0.6 is 0 Å². The van der Waals surface area contributed by atoms with E-state index >= 15 is 0 Å². The minimum Gasteiger partial charge on any atom is -0.377 e. The molecule has 11 heteroatoms. The van der Waals surface area contributed by atoms with Gasteiger partial charge in [0.2, 0.25) is 5.95 Å². The van der Waals surface area contributed by atoms with Crippen LogP contribution in [0.5, 0.6) is 0 Å². The summed E-state index contributed by atoms with van der Waals surface area (Å²) in [5, 5.41) is 16.6. The molecule has 1 saturated heterocycles. The Bertz CT molecular complexity index is 1230. The van der Waals surface area contributed by atoms with Crippen LogP contribution in [-0.2, 0) is 4.74 Å². The highest BCUT2D eigenvalue weighted by Gasteiger charge is 2.50. The van der Waals surface area contributed by atoms with Gasteiger partial charge < -0.3 is 9.64 Å². The van der Waals surface area contributed by atoms with E-state index in [-0.39, 0.29) is 23.2 Å². The van der Waals surface area contributed by atoms with E-state index in [0.717, 1.165) is 12.4 Å². The summed E-state index contributed by atoms with van der Waals surface area (Å²) in [4.78, 5) is 16.8. The summed E-state index contributed by atoms with van der Waals surface area (Å²) in [6, 6.07) is 3.30. The molecule has 164 valence electrons. The first-order valence-corrected chi connectivity index (χ1v) is 10.1. The van der Waals surface area contributed by atoms with E-state index in [4.69, 9.17) is 20.5 Å². The highest BCUT2D eigenvalue weighted by atomic mass is 19.1. The van der Waals surface area contributed by atoms with Crippen molar-refractivity contribution in [3.63, 3.8) is 0 Å². The number of nitrogens with zero attached hydrogens (tertiary/aromatic N) is 6. The number of imidazole rings is 1. The van der Waals surface area contributed by atoms with E-state index in [0.29, 0.717) is 37.7 Å². The van der Waals surface area contributed by atoms with Crippen molar-refractivity contribution >= 4 is 23.7 Å². The molecule has 2 aliphatic heterocycles. The highest BCUT2D eigenvalue weighted by Crippen LogP contribution is 2.42. The van der Waals surface area contributed by atoms with Crippen LogP contribution in [0.3, 0.4) is 0 Å². The van der Waals surface area contributed by atoms with Gasteiger partial charge in [0.15, 0.2) is 5.82 Å². The van der Waals surface area contributed by atoms with Gasteiger partial charge in [-0.3, -0.25) is 20.3 Å². The Hall–Kier alpha value is -3.73. The molecular formula is C21H20F2N8O. The fraction of sp³-hybridized carbons (Fsp3) is 0.286. The van der Waals surface area contributed by atoms with E-state index in [1.807, 2.05) is 11.8 Å². The number of halogens is 2. The van der Waals surface area contributed by atoms with Crippen LogP contribution in [-0.4, -0.2) is 57.0 Å². The molecule has 32 heavy (non-hydrogen) atoms. The molecule has 0 aliphatic carbocycles. The normalized spacial score (nSPS) is 20.2. The number of morpholine rings is 1. The zero-order chi connectivity index (χ0) is 22.5. The second-order valence-corrected chi connectivity index (χ2v) is 7.56. The molecule has 3 aromatic rings. The van der Waals surface area contributed by atoms with Gasteiger partial charge in [0.05, 0.1) is 31.3 Å². The van der Waals surface area contributed by atoms with Gasteiger partial charge >= 0.3 is 0 Å². The summed E-state index contributed by atoms with van der Waals surface area (Å²) < 4.78 is 35.0. The topological polar surface area (TPSA) is 107 Å². The molecule has 2 aromatic heterocycles. The molecule has 1 fully saturated rings. The summed E-state index contributed by atoms with van der Waals surface area (Å²) in [7, 11) is 0. The molecular weight excluding hydrogens is 418 g/mol. The number of rotatable bonds is 4. The third-order valence-corrected chi connectivity index (χ3v) is 5.99. The Labute approximate surface area is 182 Å². The molecule has 1 unspecified atom stereocenters. The van der Waals surface area contributed by atoms with Crippen molar-refractivity contribution in [2.45, 2.75) is 18.9 Å². The lowest BCUT2D eigenvalue weighted by Gasteiger charge is -2.52. The average Bonchev–Trinajstić information content (AvgIpc) is 3.29. The van der Waals surface area contributed by atoms with Crippen molar-refractivity contribution in [1.29, 1.82) is 10.8 Å². The van der Waals surface area contributed by atoms with Crippen LogP contribution < -0.4 is 9.80 Å². The van der Waals surface area contributed by atoms with Crippen LogP contribution in [0.15, 0.2) is 36.8 Å². The van der Waals surface area contributed by atoms with E-state index in [9.17, 15) is 8.78 Å². The Kier molecular flexibility index (Phi) is 4.70. The monoisotopic (exact) mass is 438 g/mol. The van der Waals surface area contributed by atoms with E-state index in [1.54, 1.807) is 6.20 Å². The molecule has 2 N–H and O–H groups in total. The van der Waals surface area contributed by atoms with Crippen molar-refractivity contribution < 1.29 is 13.5 Å². The lowest BCUT2D eigenvalue weighted by molar-refractivity contribution is 0.0720. The first-order valence-electron chi connectivity index (χ1n) is 10.1. The van der Waals surface area contributed by atoms with Gasteiger partial charge in [0.1, 0.15) is 34.5 Å². The molecule has 9 nitrogen and oxygen atoms in total. The minimum absolute atomic E-state index is 0.120. The van der Waals surface area contributed by atoms with Gasteiger partial charge in [-0.1, -0.05) is 6.92 Å². The molecule has 2 aliphatic rings. The lowest BCUT2D eigenvalue weighted by Crippen LogP contribution is -2.68. The maximum Gasteiger partial charge on any atom is 0.237 e. The smallest absolute Gasteiger partial charge is 0.237 e. The van der Waals surface area contributed by atoms with Gasteiger partial charge in [-0.25, -0.2) is 18.7 Å². The van der Waals surface area contributed by atoms with Crippen molar-refractivity contribution in [2.24, 2.45) is 0 Å². The number of fused-ring (bicyclic) bond motifs is 3. The van der Waals surface area contributed by atoms with Crippen molar-refractivity contribution in [2.75, 3.05) is 29.6 Å². The molecule has 0 bridgehead atoms. The Balaban J connectivity index is 1.66. The molecule has 1 aromatic carbocycles. The van der Waals surface area contributed by atoms with Crippen molar-refractivity contribution in [1.82, 2.24) is 19.5 Å². The first kappa shape index (κ1) is 20.2. The number of hydrogen-bond acceptors (Lipinski definition) is 7. The molecule has 0 saturated carbocycles. The molecule has 0 spiro atoms. The fourth-order valence-electron chi connectivity index (χ4n) is 4.31. The number of ether oxygens (including phenoxy) is 1. The van der Waals surface area contributed by atoms with Crippen LogP contribution in [0, 0.1) is 22.5 Å². The maximum absolute atomic E-state index is 14.4. The Morgan fingerprint density at radius 3 is 2.88 bits per heavy atom. The molecule has 5 rings (SSSR count). The SMILES string of the molecule is CCC12COCCN1c1nc(-n3ccnc3-c3ccc(F)cc3F)ncc1N(C=N)C2=N. The molecule has 0 amide bonds. The summed E-state index contributed by atoms with van der Waals surface area (Å²) in [6.45, 7) is 3.28. The molecule has 1 atom stereocenters. The summed E-state index contributed by atoms with van der Waals surface area (Å²) >= 11 is 0. The van der Waals surface area contributed by atoms with Gasteiger partial charge in [0.25, 0.3) is 0 Å². The van der Waals surface area contributed by atoms with E-state index < -0.39 is 17.2 Å². The van der Waals surface area contributed by atoms with E-state index in [2.05, 4.69) is 9.97 Å². The zero-order valence-corrected chi connectivity index (χ0v) is 17.2. The third kappa shape index (κ3) is 2.81. The standard InChI is InChI=1S/C21H20F2N8O/c1-2-21-11-32-8-7-31(21)18-16(30(12-24)19(21)25)10-27-20(28-18)29-6-5-26-17(29)14-4-3-13(22)9-15(14)23/h3-6,9-10,12,24-25H,2,7-8,11H2,1H3. The number of hydrogen-bond donors (Lipinski definition) is 2.